The first kappa shape index (κ1) is 13.2. The molecule has 6 heteroatoms. The molecule has 2 saturated heterocycles. The predicted octanol–water partition coefficient (Wildman–Crippen LogP) is -1.73. The Kier molecular flexibility index (Phi) is 4.35. The van der Waals surface area contributed by atoms with Crippen LogP contribution in [-0.2, 0) is 4.74 Å². The van der Waals surface area contributed by atoms with E-state index in [9.17, 15) is 15.3 Å². The van der Waals surface area contributed by atoms with Gasteiger partial charge in [-0.2, -0.15) is 0 Å². The Balaban J connectivity index is 2.04. The maximum atomic E-state index is 9.92. The lowest BCUT2D eigenvalue weighted by Gasteiger charge is -2.45. The van der Waals surface area contributed by atoms with Gasteiger partial charge in [0.05, 0.1) is 6.61 Å². The van der Waals surface area contributed by atoms with Crippen molar-refractivity contribution in [1.29, 1.82) is 0 Å². The van der Waals surface area contributed by atoms with Crippen LogP contribution in [0, 0.1) is 0 Å². The Bertz CT molecular complexity index is 242. The number of aliphatic hydroxyl groups is 4. The molecule has 2 aliphatic rings. The Morgan fingerprint density at radius 2 is 1.59 bits per heavy atom. The van der Waals surface area contributed by atoms with Crippen LogP contribution in [0.15, 0.2) is 0 Å². The van der Waals surface area contributed by atoms with Crippen molar-refractivity contribution in [3.63, 3.8) is 0 Å². The maximum absolute atomic E-state index is 9.92. The number of piperidine rings is 1. The molecule has 17 heavy (non-hydrogen) atoms. The first-order chi connectivity index (χ1) is 8.15. The number of hydrogen-bond acceptors (Lipinski definition) is 6. The summed E-state index contributed by atoms with van der Waals surface area (Å²) < 4.78 is 5.49. The van der Waals surface area contributed by atoms with Gasteiger partial charge >= 0.3 is 0 Å². The van der Waals surface area contributed by atoms with Gasteiger partial charge in [0.25, 0.3) is 0 Å². The molecule has 0 radical (unpaired) electrons. The predicted molar refractivity (Wildman–Crippen MR) is 59.2 cm³/mol. The van der Waals surface area contributed by atoms with E-state index in [4.69, 9.17) is 9.84 Å². The van der Waals surface area contributed by atoms with Gasteiger partial charge in [0.1, 0.15) is 30.6 Å². The summed E-state index contributed by atoms with van der Waals surface area (Å²) >= 11 is 0. The molecule has 100 valence electrons. The molecule has 0 unspecified atom stereocenters. The number of likely N-dealkylation sites (tertiary alicyclic amines) is 1. The van der Waals surface area contributed by atoms with E-state index in [1.54, 1.807) is 0 Å². The van der Waals surface area contributed by atoms with E-state index in [0.717, 1.165) is 32.4 Å². The van der Waals surface area contributed by atoms with Crippen molar-refractivity contribution in [1.82, 2.24) is 4.90 Å². The number of rotatable bonds is 2. The highest BCUT2D eigenvalue weighted by Crippen LogP contribution is 2.25. The van der Waals surface area contributed by atoms with Crippen LogP contribution in [-0.4, -0.2) is 75.7 Å². The summed E-state index contributed by atoms with van der Waals surface area (Å²) in [6, 6.07) is 0. The normalized spacial score (nSPS) is 44.8. The van der Waals surface area contributed by atoms with Gasteiger partial charge < -0.3 is 25.2 Å². The lowest BCUT2D eigenvalue weighted by molar-refractivity contribution is -0.266. The summed E-state index contributed by atoms with van der Waals surface area (Å²) in [6.07, 6.45) is -1.88. The third-order valence-corrected chi connectivity index (χ3v) is 3.62. The Labute approximate surface area is 100 Å². The smallest absolute Gasteiger partial charge is 0.140 e. The van der Waals surface area contributed by atoms with E-state index < -0.39 is 30.6 Å². The van der Waals surface area contributed by atoms with Gasteiger partial charge in [0, 0.05) is 13.1 Å². The molecular weight excluding hydrogens is 226 g/mol. The minimum absolute atomic E-state index is 0.366. The minimum atomic E-state index is -1.27. The van der Waals surface area contributed by atoms with Gasteiger partial charge in [-0.15, -0.1) is 0 Å². The molecule has 0 spiro atoms. The molecule has 0 bridgehead atoms. The number of aliphatic hydroxyl groups excluding tert-OH is 4. The van der Waals surface area contributed by atoms with Crippen molar-refractivity contribution in [2.75, 3.05) is 19.7 Å². The van der Waals surface area contributed by atoms with Gasteiger partial charge in [0.15, 0.2) is 0 Å². The van der Waals surface area contributed by atoms with Crippen LogP contribution in [0.25, 0.3) is 0 Å². The molecule has 0 saturated carbocycles. The number of nitrogens with zero attached hydrogens (tertiary/aromatic N) is 1. The van der Waals surface area contributed by atoms with Crippen LogP contribution < -0.4 is 0 Å². The third-order valence-electron chi connectivity index (χ3n) is 3.62. The molecule has 0 amide bonds. The molecule has 6 nitrogen and oxygen atoms in total. The van der Waals surface area contributed by atoms with Crippen LogP contribution in [0.1, 0.15) is 19.3 Å². The fraction of sp³-hybridized carbons (Fsp3) is 1.00. The number of ether oxygens (including phenoxy) is 1. The average Bonchev–Trinajstić information content (AvgIpc) is 2.37. The second kappa shape index (κ2) is 5.60. The van der Waals surface area contributed by atoms with Crippen molar-refractivity contribution >= 4 is 0 Å². The zero-order valence-electron chi connectivity index (χ0n) is 9.77. The van der Waals surface area contributed by atoms with Gasteiger partial charge in [-0.05, 0) is 12.8 Å². The van der Waals surface area contributed by atoms with Crippen LogP contribution in [0.3, 0.4) is 0 Å². The van der Waals surface area contributed by atoms with E-state index >= 15 is 0 Å². The lowest BCUT2D eigenvalue weighted by Crippen LogP contribution is -2.63. The highest BCUT2D eigenvalue weighted by Gasteiger charge is 2.45. The van der Waals surface area contributed by atoms with E-state index in [0.29, 0.717) is 0 Å². The van der Waals surface area contributed by atoms with Crippen LogP contribution in [0.5, 0.6) is 0 Å². The Morgan fingerprint density at radius 1 is 0.941 bits per heavy atom. The zero-order valence-corrected chi connectivity index (χ0v) is 9.77. The first-order valence-electron chi connectivity index (χ1n) is 6.19. The summed E-state index contributed by atoms with van der Waals surface area (Å²) in [4.78, 5) is 1.96. The largest absolute Gasteiger partial charge is 0.394 e. The van der Waals surface area contributed by atoms with Gasteiger partial charge in [-0.3, -0.25) is 4.90 Å². The monoisotopic (exact) mass is 247 g/mol. The van der Waals surface area contributed by atoms with Crippen molar-refractivity contribution in [3.8, 4) is 0 Å². The highest BCUT2D eigenvalue weighted by atomic mass is 16.6. The van der Waals surface area contributed by atoms with Gasteiger partial charge in [0.2, 0.25) is 0 Å². The zero-order chi connectivity index (χ0) is 12.4. The summed E-state index contributed by atoms with van der Waals surface area (Å²) in [5, 5.41) is 38.3. The summed E-state index contributed by atoms with van der Waals surface area (Å²) in [5.74, 6) is 0. The third kappa shape index (κ3) is 2.62. The summed E-state index contributed by atoms with van der Waals surface area (Å²) in [7, 11) is 0. The molecular formula is C11H21NO5. The molecule has 4 N–H and O–H groups in total. The SMILES string of the molecule is OC[C@H]1O[C@H](N2CCCCC2)[C@@H](O)[C@@H](O)[C@@H]1O. The van der Waals surface area contributed by atoms with Crippen molar-refractivity contribution in [2.24, 2.45) is 0 Å². The standard InChI is InChI=1S/C11H21NO5/c13-6-7-8(14)9(15)10(16)11(17-7)12-4-2-1-3-5-12/h7-11,13-16H,1-6H2/t7-,8-,9+,10+,11+/m1/s1. The second-order valence-electron chi connectivity index (χ2n) is 4.82. The lowest BCUT2D eigenvalue weighted by atomic mass is 9.97. The van der Waals surface area contributed by atoms with Gasteiger partial charge in [-0.1, -0.05) is 6.42 Å². The quantitative estimate of drug-likeness (QED) is 0.463. The number of hydrogen-bond donors (Lipinski definition) is 4. The van der Waals surface area contributed by atoms with Crippen LogP contribution >= 0.6 is 0 Å². The van der Waals surface area contributed by atoms with Crippen LogP contribution in [0.2, 0.25) is 0 Å². The molecule has 2 heterocycles. The maximum Gasteiger partial charge on any atom is 0.140 e. The molecule has 0 aromatic carbocycles. The van der Waals surface area contributed by atoms with Gasteiger partial charge in [-0.25, -0.2) is 0 Å². The molecule has 0 aliphatic carbocycles. The van der Waals surface area contributed by atoms with E-state index in [1.165, 1.54) is 0 Å². The van der Waals surface area contributed by atoms with Crippen molar-refractivity contribution in [2.45, 2.75) is 49.9 Å². The van der Waals surface area contributed by atoms with E-state index in [2.05, 4.69) is 0 Å². The minimum Gasteiger partial charge on any atom is -0.394 e. The van der Waals surface area contributed by atoms with Crippen molar-refractivity contribution < 1.29 is 25.2 Å². The first-order valence-corrected chi connectivity index (χ1v) is 6.19. The molecule has 0 aromatic heterocycles. The highest BCUT2D eigenvalue weighted by molar-refractivity contribution is 4.92. The molecule has 5 atom stereocenters. The average molecular weight is 247 g/mol. The van der Waals surface area contributed by atoms with E-state index in [1.807, 2.05) is 4.90 Å². The fourth-order valence-corrected chi connectivity index (χ4v) is 2.56. The Morgan fingerprint density at radius 3 is 2.18 bits per heavy atom. The molecule has 0 aromatic rings. The van der Waals surface area contributed by atoms with Crippen LogP contribution in [0.4, 0.5) is 0 Å². The fourth-order valence-electron chi connectivity index (χ4n) is 2.56. The summed E-state index contributed by atoms with van der Waals surface area (Å²) in [6.45, 7) is 1.25. The molecule has 2 rings (SSSR count). The molecule has 2 fully saturated rings. The summed E-state index contributed by atoms with van der Waals surface area (Å²) in [5.41, 5.74) is 0. The molecule has 2 aliphatic heterocycles. The Hall–Kier alpha value is -0.240. The van der Waals surface area contributed by atoms with Crippen molar-refractivity contribution in [3.05, 3.63) is 0 Å². The topological polar surface area (TPSA) is 93.4 Å². The second-order valence-corrected chi connectivity index (χ2v) is 4.82. The van der Waals surface area contributed by atoms with E-state index in [-0.39, 0.29) is 6.61 Å².